The SMILES string of the molecule is CCOc1cc(/C=N\NC(=O)c2ccc(NC(=O)c3ccc(Cl)cc3)cc2)ccc1OC(=O)c1sc2cc(C)ccc2c1Cl. The molecule has 0 aliphatic heterocycles. The summed E-state index contributed by atoms with van der Waals surface area (Å²) in [6.45, 7) is 4.12. The van der Waals surface area contributed by atoms with Crippen molar-refractivity contribution < 1.29 is 23.9 Å². The van der Waals surface area contributed by atoms with E-state index in [1.807, 2.05) is 32.0 Å². The predicted octanol–water partition coefficient (Wildman–Crippen LogP) is 8.15. The molecule has 0 aliphatic carbocycles. The average Bonchev–Trinajstić information content (AvgIpc) is 3.34. The summed E-state index contributed by atoms with van der Waals surface area (Å²) in [7, 11) is 0. The molecule has 2 N–H and O–H groups in total. The summed E-state index contributed by atoms with van der Waals surface area (Å²) < 4.78 is 12.3. The van der Waals surface area contributed by atoms with Crippen LogP contribution in [-0.2, 0) is 0 Å². The number of carbonyl (C=O) groups excluding carboxylic acids is 3. The van der Waals surface area contributed by atoms with Crippen molar-refractivity contribution in [2.45, 2.75) is 13.8 Å². The van der Waals surface area contributed by atoms with Crippen LogP contribution < -0.4 is 20.2 Å². The molecular weight excluding hydrogens is 621 g/mol. The van der Waals surface area contributed by atoms with E-state index in [0.717, 1.165) is 15.6 Å². The first-order valence-corrected chi connectivity index (χ1v) is 15.0. The molecule has 44 heavy (non-hydrogen) atoms. The minimum Gasteiger partial charge on any atom is -0.490 e. The molecule has 0 aliphatic rings. The van der Waals surface area contributed by atoms with E-state index in [0.29, 0.717) is 49.7 Å². The number of esters is 1. The molecule has 0 bridgehead atoms. The van der Waals surface area contributed by atoms with E-state index in [2.05, 4.69) is 15.8 Å². The summed E-state index contributed by atoms with van der Waals surface area (Å²) in [6, 6.07) is 23.6. The van der Waals surface area contributed by atoms with Gasteiger partial charge in [0.2, 0.25) is 0 Å². The fourth-order valence-corrected chi connectivity index (χ4v) is 5.76. The number of thiophene rings is 1. The van der Waals surface area contributed by atoms with Crippen LogP contribution in [-0.4, -0.2) is 30.6 Å². The largest absolute Gasteiger partial charge is 0.490 e. The van der Waals surface area contributed by atoms with Crippen molar-refractivity contribution in [3.8, 4) is 11.5 Å². The number of anilines is 1. The van der Waals surface area contributed by atoms with Crippen LogP contribution in [0.1, 0.15) is 48.4 Å². The maximum absolute atomic E-state index is 13.0. The van der Waals surface area contributed by atoms with E-state index in [9.17, 15) is 14.4 Å². The Bertz CT molecular complexity index is 1890. The lowest BCUT2D eigenvalue weighted by Crippen LogP contribution is -2.18. The van der Waals surface area contributed by atoms with Crippen molar-refractivity contribution in [1.82, 2.24) is 5.43 Å². The van der Waals surface area contributed by atoms with Crippen LogP contribution in [0.25, 0.3) is 10.1 Å². The number of aryl methyl sites for hydroxylation is 1. The zero-order valence-electron chi connectivity index (χ0n) is 23.5. The summed E-state index contributed by atoms with van der Waals surface area (Å²) in [5, 5.41) is 8.49. The number of amides is 2. The Kier molecular flexibility index (Phi) is 9.59. The molecule has 0 atom stereocenters. The van der Waals surface area contributed by atoms with E-state index < -0.39 is 11.9 Å². The van der Waals surface area contributed by atoms with Crippen LogP contribution in [0, 0.1) is 6.92 Å². The molecule has 0 spiro atoms. The van der Waals surface area contributed by atoms with Gasteiger partial charge in [0, 0.05) is 31.9 Å². The first kappa shape index (κ1) is 30.7. The summed E-state index contributed by atoms with van der Waals surface area (Å²) in [4.78, 5) is 38.3. The van der Waals surface area contributed by atoms with Gasteiger partial charge in [0.05, 0.1) is 17.8 Å². The van der Waals surface area contributed by atoms with Crippen LogP contribution in [0.4, 0.5) is 5.69 Å². The number of fused-ring (bicyclic) bond motifs is 1. The number of benzene rings is 4. The molecule has 0 saturated carbocycles. The highest BCUT2D eigenvalue weighted by atomic mass is 35.5. The molecule has 0 saturated heterocycles. The van der Waals surface area contributed by atoms with Crippen molar-refractivity contribution >= 4 is 74.3 Å². The zero-order valence-corrected chi connectivity index (χ0v) is 25.8. The third-order valence-electron chi connectivity index (χ3n) is 6.33. The van der Waals surface area contributed by atoms with Crippen molar-refractivity contribution in [3.63, 3.8) is 0 Å². The quantitative estimate of drug-likeness (QED) is 0.0728. The lowest BCUT2D eigenvalue weighted by atomic mass is 10.1. The molecule has 0 fully saturated rings. The van der Waals surface area contributed by atoms with Crippen molar-refractivity contribution in [1.29, 1.82) is 0 Å². The second kappa shape index (κ2) is 13.7. The third kappa shape index (κ3) is 7.26. The number of carbonyl (C=O) groups is 3. The second-order valence-electron chi connectivity index (χ2n) is 9.51. The van der Waals surface area contributed by atoms with Gasteiger partial charge in [-0.2, -0.15) is 5.10 Å². The Morgan fingerprint density at radius 3 is 2.30 bits per heavy atom. The number of halogens is 2. The fourth-order valence-electron chi connectivity index (χ4n) is 4.15. The lowest BCUT2D eigenvalue weighted by Gasteiger charge is -2.11. The number of hydrogen-bond donors (Lipinski definition) is 2. The Morgan fingerprint density at radius 1 is 0.864 bits per heavy atom. The molecule has 5 aromatic rings. The molecule has 2 amide bonds. The normalized spacial score (nSPS) is 11.0. The smallest absolute Gasteiger partial charge is 0.355 e. The zero-order chi connectivity index (χ0) is 31.2. The number of rotatable bonds is 9. The third-order valence-corrected chi connectivity index (χ3v) is 8.22. The Labute approximate surface area is 267 Å². The maximum atomic E-state index is 13.0. The summed E-state index contributed by atoms with van der Waals surface area (Å²) in [5.41, 5.74) is 5.47. The van der Waals surface area contributed by atoms with Gasteiger partial charge in [0.25, 0.3) is 11.8 Å². The lowest BCUT2D eigenvalue weighted by molar-refractivity contribution is 0.0733. The number of hydrogen-bond acceptors (Lipinski definition) is 7. The fraction of sp³-hybridized carbons (Fsp3) is 0.0909. The maximum Gasteiger partial charge on any atom is 0.355 e. The molecule has 1 aromatic heterocycles. The van der Waals surface area contributed by atoms with Crippen LogP contribution in [0.3, 0.4) is 0 Å². The van der Waals surface area contributed by atoms with E-state index in [-0.39, 0.29) is 11.7 Å². The van der Waals surface area contributed by atoms with Crippen LogP contribution in [0.5, 0.6) is 11.5 Å². The topological polar surface area (TPSA) is 106 Å². The molecule has 5 rings (SSSR count). The van der Waals surface area contributed by atoms with Crippen molar-refractivity contribution in [3.05, 3.63) is 122 Å². The van der Waals surface area contributed by atoms with Gasteiger partial charge >= 0.3 is 5.97 Å². The van der Waals surface area contributed by atoms with Gasteiger partial charge in [0.1, 0.15) is 4.88 Å². The van der Waals surface area contributed by atoms with Crippen LogP contribution in [0.2, 0.25) is 10.0 Å². The highest BCUT2D eigenvalue weighted by molar-refractivity contribution is 7.21. The molecule has 11 heteroatoms. The Morgan fingerprint density at radius 2 is 1.57 bits per heavy atom. The monoisotopic (exact) mass is 645 g/mol. The average molecular weight is 647 g/mol. The second-order valence-corrected chi connectivity index (χ2v) is 11.4. The highest BCUT2D eigenvalue weighted by Crippen LogP contribution is 2.37. The molecule has 222 valence electrons. The van der Waals surface area contributed by atoms with Gasteiger partial charge in [-0.15, -0.1) is 11.3 Å². The number of nitrogens with one attached hydrogen (secondary N) is 2. The highest BCUT2D eigenvalue weighted by Gasteiger charge is 2.21. The number of nitrogens with zero attached hydrogens (tertiary/aromatic N) is 1. The van der Waals surface area contributed by atoms with Crippen molar-refractivity contribution in [2.75, 3.05) is 11.9 Å². The predicted molar refractivity (Wildman–Crippen MR) is 175 cm³/mol. The van der Waals surface area contributed by atoms with Gasteiger partial charge < -0.3 is 14.8 Å². The summed E-state index contributed by atoms with van der Waals surface area (Å²) in [5.74, 6) is -0.761. The molecule has 8 nitrogen and oxygen atoms in total. The van der Waals surface area contributed by atoms with Gasteiger partial charge in [-0.1, -0.05) is 35.3 Å². The van der Waals surface area contributed by atoms with E-state index in [4.69, 9.17) is 32.7 Å². The standard InChI is InChI=1S/C33H25Cl2N3O5S/c1-3-42-27-17-20(5-15-26(27)43-33(41)30-29(35)25-14-4-19(2)16-28(25)44-30)18-36-38-32(40)22-8-12-24(13-9-22)37-31(39)21-6-10-23(34)11-7-21/h4-18H,3H2,1-2H3,(H,37,39)(H,38,40)/b36-18-. The Balaban J connectivity index is 1.21. The molecular formula is C33H25Cl2N3O5S. The van der Waals surface area contributed by atoms with Gasteiger partial charge in [-0.25, -0.2) is 10.2 Å². The molecule has 4 aromatic carbocycles. The number of hydrazone groups is 1. The van der Waals surface area contributed by atoms with Gasteiger partial charge in [-0.05, 0) is 97.8 Å². The van der Waals surface area contributed by atoms with E-state index >= 15 is 0 Å². The first-order chi connectivity index (χ1) is 21.2. The minimum absolute atomic E-state index is 0.228. The van der Waals surface area contributed by atoms with Gasteiger partial charge in [-0.3, -0.25) is 9.59 Å². The van der Waals surface area contributed by atoms with Crippen molar-refractivity contribution in [2.24, 2.45) is 5.10 Å². The van der Waals surface area contributed by atoms with E-state index in [1.54, 1.807) is 66.7 Å². The summed E-state index contributed by atoms with van der Waals surface area (Å²) in [6.07, 6.45) is 1.44. The molecule has 1 heterocycles. The van der Waals surface area contributed by atoms with Crippen LogP contribution in [0.15, 0.2) is 90.0 Å². The Hall–Kier alpha value is -4.70. The minimum atomic E-state index is -0.584. The number of ether oxygens (including phenoxy) is 2. The van der Waals surface area contributed by atoms with Gasteiger partial charge in [0.15, 0.2) is 11.5 Å². The van der Waals surface area contributed by atoms with E-state index in [1.165, 1.54) is 17.6 Å². The summed E-state index contributed by atoms with van der Waals surface area (Å²) >= 11 is 13.6. The molecule has 0 unspecified atom stereocenters. The van der Waals surface area contributed by atoms with Crippen LogP contribution >= 0.6 is 34.5 Å². The molecule has 0 radical (unpaired) electrons. The first-order valence-electron chi connectivity index (χ1n) is 13.4.